The highest BCUT2D eigenvalue weighted by atomic mass is 16.5. The zero-order valence-electron chi connectivity index (χ0n) is 11.7. The Morgan fingerprint density at radius 3 is 2.83 bits per heavy atom. The van der Waals surface area contributed by atoms with Gasteiger partial charge in [-0.2, -0.15) is 0 Å². The highest BCUT2D eigenvalue weighted by Crippen LogP contribution is 2.07. The quantitative estimate of drug-likeness (QED) is 0.651. The average molecular weight is 255 g/mol. The van der Waals surface area contributed by atoms with Crippen LogP contribution in [0.3, 0.4) is 0 Å². The molecule has 5 heteroatoms. The van der Waals surface area contributed by atoms with E-state index in [1.165, 1.54) is 0 Å². The largest absolute Gasteiger partial charge is 0.382 e. The highest BCUT2D eigenvalue weighted by molar-refractivity contribution is 5.27. The Balaban J connectivity index is 2.34. The Morgan fingerprint density at radius 1 is 1.33 bits per heavy atom. The molecule has 1 unspecified atom stereocenters. The van der Waals surface area contributed by atoms with E-state index in [0.717, 1.165) is 38.7 Å². The number of imidazole rings is 1. The second-order valence-corrected chi connectivity index (χ2v) is 4.20. The Labute approximate surface area is 109 Å². The van der Waals surface area contributed by atoms with Crippen molar-refractivity contribution in [2.75, 3.05) is 31.7 Å². The summed E-state index contributed by atoms with van der Waals surface area (Å²) >= 11 is 0. The Bertz CT molecular complexity index is 315. The molecule has 1 aromatic rings. The number of aromatic nitrogens is 2. The van der Waals surface area contributed by atoms with Crippen LogP contribution in [0.5, 0.6) is 0 Å². The average Bonchev–Trinajstić information content (AvgIpc) is 2.79. The summed E-state index contributed by atoms with van der Waals surface area (Å²) in [5.41, 5.74) is 0. The van der Waals surface area contributed by atoms with Gasteiger partial charge in [-0.15, -0.1) is 0 Å². The van der Waals surface area contributed by atoms with Crippen LogP contribution in [0.4, 0.5) is 5.95 Å². The summed E-state index contributed by atoms with van der Waals surface area (Å²) in [5, 5.41) is 3.35. The number of nitrogens with zero attached hydrogens (tertiary/aromatic N) is 2. The fraction of sp³-hybridized carbons (Fsp3) is 0.769. The molecule has 104 valence electrons. The Morgan fingerprint density at radius 2 is 2.11 bits per heavy atom. The lowest BCUT2D eigenvalue weighted by Crippen LogP contribution is -2.24. The lowest BCUT2D eigenvalue weighted by Gasteiger charge is -2.15. The third-order valence-electron chi connectivity index (χ3n) is 2.55. The van der Waals surface area contributed by atoms with E-state index >= 15 is 0 Å². The molecule has 1 atom stereocenters. The number of nitrogens with one attached hydrogen (secondary N) is 1. The van der Waals surface area contributed by atoms with Gasteiger partial charge >= 0.3 is 0 Å². The molecule has 1 N–H and O–H groups in total. The van der Waals surface area contributed by atoms with Crippen LogP contribution in [0.15, 0.2) is 12.4 Å². The molecule has 5 nitrogen and oxygen atoms in total. The Hall–Kier alpha value is -1.07. The summed E-state index contributed by atoms with van der Waals surface area (Å²) in [6, 6.07) is 0.262. The molecule has 0 saturated carbocycles. The summed E-state index contributed by atoms with van der Waals surface area (Å²) in [5.74, 6) is 0.902. The molecule has 1 rings (SSSR count). The van der Waals surface area contributed by atoms with E-state index in [4.69, 9.17) is 9.47 Å². The molecule has 0 saturated heterocycles. The molecule has 0 bridgehead atoms. The van der Waals surface area contributed by atoms with Crippen LogP contribution in [0.1, 0.15) is 27.2 Å². The number of rotatable bonds is 10. The van der Waals surface area contributed by atoms with Crippen molar-refractivity contribution in [3.05, 3.63) is 12.4 Å². The predicted molar refractivity (Wildman–Crippen MR) is 72.9 cm³/mol. The topological polar surface area (TPSA) is 48.3 Å². The van der Waals surface area contributed by atoms with Crippen LogP contribution < -0.4 is 5.32 Å². The molecule has 0 amide bonds. The third-order valence-corrected chi connectivity index (χ3v) is 2.55. The molecule has 0 aliphatic heterocycles. The van der Waals surface area contributed by atoms with Crippen LogP contribution in [-0.2, 0) is 16.0 Å². The van der Waals surface area contributed by atoms with Gasteiger partial charge in [-0.3, -0.25) is 0 Å². The van der Waals surface area contributed by atoms with E-state index in [2.05, 4.69) is 21.8 Å². The van der Waals surface area contributed by atoms with Gasteiger partial charge in [0.05, 0.1) is 6.61 Å². The van der Waals surface area contributed by atoms with Crippen molar-refractivity contribution >= 4 is 5.95 Å². The number of aryl methyl sites for hydroxylation is 1. The van der Waals surface area contributed by atoms with Crippen molar-refractivity contribution in [1.82, 2.24) is 9.55 Å². The first-order valence-corrected chi connectivity index (χ1v) is 6.71. The van der Waals surface area contributed by atoms with Crippen molar-refractivity contribution < 1.29 is 9.47 Å². The second kappa shape index (κ2) is 8.94. The summed E-state index contributed by atoms with van der Waals surface area (Å²) in [6.07, 6.45) is 4.80. The van der Waals surface area contributed by atoms with Crippen molar-refractivity contribution in [3.8, 4) is 0 Å². The molecule has 0 spiro atoms. The predicted octanol–water partition coefficient (Wildman–Crippen LogP) is 2.15. The standard InChI is InChI=1S/C13H25N3O2/c1-4-17-10-6-8-16-9-7-14-13(16)15-12(3)11-18-5-2/h7,9,12H,4-6,8,10-11H2,1-3H3,(H,14,15). The molecular weight excluding hydrogens is 230 g/mol. The van der Waals surface area contributed by atoms with E-state index in [-0.39, 0.29) is 6.04 Å². The molecule has 0 aliphatic rings. The molecule has 0 radical (unpaired) electrons. The van der Waals surface area contributed by atoms with Crippen LogP contribution in [-0.4, -0.2) is 42.0 Å². The van der Waals surface area contributed by atoms with Crippen molar-refractivity contribution in [2.24, 2.45) is 0 Å². The first-order valence-electron chi connectivity index (χ1n) is 6.71. The van der Waals surface area contributed by atoms with Gasteiger partial charge in [-0.1, -0.05) is 0 Å². The first kappa shape index (κ1) is 15.0. The summed E-state index contributed by atoms with van der Waals surface area (Å²) in [4.78, 5) is 4.32. The zero-order chi connectivity index (χ0) is 13.2. The van der Waals surface area contributed by atoms with Gasteiger partial charge in [0.1, 0.15) is 0 Å². The maximum Gasteiger partial charge on any atom is 0.203 e. The van der Waals surface area contributed by atoms with E-state index in [9.17, 15) is 0 Å². The highest BCUT2D eigenvalue weighted by Gasteiger charge is 2.06. The third kappa shape index (κ3) is 5.51. The van der Waals surface area contributed by atoms with E-state index < -0.39 is 0 Å². The van der Waals surface area contributed by atoms with E-state index in [0.29, 0.717) is 6.61 Å². The first-order chi connectivity index (χ1) is 8.77. The molecular formula is C13H25N3O2. The van der Waals surface area contributed by atoms with Gasteiger partial charge in [0.15, 0.2) is 0 Å². The fourth-order valence-corrected chi connectivity index (χ4v) is 1.67. The summed E-state index contributed by atoms with van der Waals surface area (Å²) < 4.78 is 12.8. The monoisotopic (exact) mass is 255 g/mol. The lowest BCUT2D eigenvalue weighted by atomic mass is 10.4. The molecule has 1 aromatic heterocycles. The minimum Gasteiger partial charge on any atom is -0.382 e. The fourth-order valence-electron chi connectivity index (χ4n) is 1.67. The van der Waals surface area contributed by atoms with Gasteiger partial charge in [-0.25, -0.2) is 4.98 Å². The number of hydrogen-bond donors (Lipinski definition) is 1. The van der Waals surface area contributed by atoms with Crippen molar-refractivity contribution in [2.45, 2.75) is 39.8 Å². The molecule has 18 heavy (non-hydrogen) atoms. The SMILES string of the molecule is CCOCCCn1ccnc1NC(C)COCC. The number of ether oxygens (including phenoxy) is 2. The van der Waals surface area contributed by atoms with Crippen molar-refractivity contribution in [3.63, 3.8) is 0 Å². The summed E-state index contributed by atoms with van der Waals surface area (Å²) in [7, 11) is 0. The minimum atomic E-state index is 0.262. The minimum absolute atomic E-state index is 0.262. The molecule has 0 fully saturated rings. The van der Waals surface area contributed by atoms with Crippen LogP contribution >= 0.6 is 0 Å². The van der Waals surface area contributed by atoms with Crippen molar-refractivity contribution in [1.29, 1.82) is 0 Å². The van der Waals surface area contributed by atoms with Gasteiger partial charge in [0.25, 0.3) is 0 Å². The van der Waals surface area contributed by atoms with Gasteiger partial charge in [0, 0.05) is 44.8 Å². The van der Waals surface area contributed by atoms with Gasteiger partial charge in [-0.05, 0) is 27.2 Å². The maximum absolute atomic E-state index is 5.38. The normalized spacial score (nSPS) is 12.6. The lowest BCUT2D eigenvalue weighted by molar-refractivity contribution is 0.140. The zero-order valence-corrected chi connectivity index (χ0v) is 11.7. The molecule has 0 aromatic carbocycles. The van der Waals surface area contributed by atoms with E-state index in [1.54, 1.807) is 0 Å². The molecule has 0 aliphatic carbocycles. The van der Waals surface area contributed by atoms with Gasteiger partial charge < -0.3 is 19.4 Å². The molecule has 1 heterocycles. The maximum atomic E-state index is 5.38. The van der Waals surface area contributed by atoms with Crippen LogP contribution in [0.2, 0.25) is 0 Å². The Kier molecular flexibility index (Phi) is 7.44. The number of hydrogen-bond acceptors (Lipinski definition) is 4. The van der Waals surface area contributed by atoms with E-state index in [1.807, 2.05) is 26.2 Å². The van der Waals surface area contributed by atoms with Crippen LogP contribution in [0, 0.1) is 0 Å². The smallest absolute Gasteiger partial charge is 0.203 e. The van der Waals surface area contributed by atoms with Gasteiger partial charge in [0.2, 0.25) is 5.95 Å². The second-order valence-electron chi connectivity index (χ2n) is 4.20. The number of anilines is 1. The van der Waals surface area contributed by atoms with Crippen LogP contribution in [0.25, 0.3) is 0 Å². The summed E-state index contributed by atoms with van der Waals surface area (Å²) in [6.45, 7) is 10.0.